The first-order valence-electron chi connectivity index (χ1n) is 6.68. The van der Waals surface area contributed by atoms with Crippen molar-refractivity contribution in [2.24, 2.45) is 0 Å². The lowest BCUT2D eigenvalue weighted by Gasteiger charge is -2.06. The summed E-state index contributed by atoms with van der Waals surface area (Å²) in [7, 11) is 0. The molecule has 0 bridgehead atoms. The molecule has 0 unspecified atom stereocenters. The zero-order valence-corrected chi connectivity index (χ0v) is 11.5. The molecule has 3 rings (SSSR count). The number of ether oxygens (including phenoxy) is 1. The monoisotopic (exact) mass is 297 g/mol. The van der Waals surface area contributed by atoms with Gasteiger partial charge in [0.1, 0.15) is 18.1 Å². The van der Waals surface area contributed by atoms with Crippen LogP contribution in [0.5, 0.6) is 0 Å². The number of carbonyl (C=O) groups is 1. The number of halogens is 1. The van der Waals surface area contributed by atoms with Crippen molar-refractivity contribution in [3.63, 3.8) is 0 Å². The molecule has 0 aliphatic rings. The number of fused-ring (bicyclic) bond motifs is 1. The lowest BCUT2D eigenvalue weighted by Crippen LogP contribution is -2.15. The van der Waals surface area contributed by atoms with Crippen LogP contribution in [0.3, 0.4) is 0 Å². The summed E-state index contributed by atoms with van der Waals surface area (Å²) < 4.78 is 18.5. The zero-order chi connectivity index (χ0) is 15.5. The van der Waals surface area contributed by atoms with Crippen molar-refractivity contribution in [3.05, 3.63) is 82.0 Å². The molecule has 2 aromatic carbocycles. The number of rotatable bonds is 3. The van der Waals surface area contributed by atoms with Crippen LogP contribution in [0, 0.1) is 5.82 Å². The number of pyridine rings is 1. The number of hydrogen-bond acceptors (Lipinski definition) is 3. The number of esters is 1. The second-order valence-electron chi connectivity index (χ2n) is 4.77. The number of benzene rings is 2. The van der Waals surface area contributed by atoms with Crippen LogP contribution in [-0.2, 0) is 11.3 Å². The standard InChI is InChI=1S/C17H12FNO3/c18-14-8-4-2-6-12(14)10-22-17(21)15-9-11-5-1-3-7-13(11)16(20)19-15/h1-9H,10H2,(H,19,20). The number of carbonyl (C=O) groups excluding carboxylic acids is 1. The van der Waals surface area contributed by atoms with Crippen LogP contribution in [0.1, 0.15) is 16.1 Å². The molecular weight excluding hydrogens is 285 g/mol. The van der Waals surface area contributed by atoms with Gasteiger partial charge >= 0.3 is 5.97 Å². The van der Waals surface area contributed by atoms with E-state index in [1.54, 1.807) is 42.5 Å². The first-order valence-corrected chi connectivity index (χ1v) is 6.68. The van der Waals surface area contributed by atoms with Crippen molar-refractivity contribution >= 4 is 16.7 Å². The predicted octanol–water partition coefficient (Wildman–Crippen LogP) is 3.02. The van der Waals surface area contributed by atoms with Gasteiger partial charge in [0.25, 0.3) is 5.56 Å². The Hall–Kier alpha value is -2.95. The van der Waals surface area contributed by atoms with Gasteiger partial charge in [-0.25, -0.2) is 9.18 Å². The summed E-state index contributed by atoms with van der Waals surface area (Å²) in [6.45, 7) is -0.194. The topological polar surface area (TPSA) is 59.2 Å². The molecule has 5 heteroatoms. The largest absolute Gasteiger partial charge is 0.456 e. The normalized spacial score (nSPS) is 10.6. The average Bonchev–Trinajstić information content (AvgIpc) is 2.54. The van der Waals surface area contributed by atoms with Crippen LogP contribution in [0.15, 0.2) is 59.4 Å². The van der Waals surface area contributed by atoms with Crippen molar-refractivity contribution in [2.75, 3.05) is 0 Å². The molecule has 0 saturated carbocycles. The maximum absolute atomic E-state index is 13.5. The minimum absolute atomic E-state index is 0.0417. The fourth-order valence-corrected chi connectivity index (χ4v) is 2.16. The number of nitrogens with one attached hydrogen (secondary N) is 1. The molecule has 0 radical (unpaired) electrons. The molecule has 0 amide bonds. The number of hydrogen-bond donors (Lipinski definition) is 1. The molecule has 1 aromatic heterocycles. The van der Waals surface area contributed by atoms with Crippen LogP contribution in [-0.4, -0.2) is 11.0 Å². The van der Waals surface area contributed by atoms with Gasteiger partial charge in [-0.05, 0) is 23.6 Å². The van der Waals surface area contributed by atoms with Gasteiger partial charge in [-0.1, -0.05) is 36.4 Å². The van der Waals surface area contributed by atoms with E-state index < -0.39 is 11.8 Å². The molecule has 110 valence electrons. The minimum atomic E-state index is -0.703. The molecule has 3 aromatic rings. The Labute approximate surface area is 125 Å². The van der Waals surface area contributed by atoms with E-state index in [0.29, 0.717) is 10.8 Å². The lowest BCUT2D eigenvalue weighted by atomic mass is 10.1. The summed E-state index contributed by atoms with van der Waals surface area (Å²) in [5.74, 6) is -1.14. The van der Waals surface area contributed by atoms with E-state index in [1.165, 1.54) is 12.1 Å². The second kappa shape index (κ2) is 5.81. The number of aromatic nitrogens is 1. The maximum atomic E-state index is 13.5. The van der Waals surface area contributed by atoms with Gasteiger partial charge in [0.05, 0.1) is 0 Å². The van der Waals surface area contributed by atoms with Gasteiger partial charge in [0, 0.05) is 10.9 Å². The predicted molar refractivity (Wildman–Crippen MR) is 80.1 cm³/mol. The third-order valence-electron chi connectivity index (χ3n) is 3.29. The summed E-state index contributed by atoms with van der Waals surface area (Å²) in [6.07, 6.45) is 0. The van der Waals surface area contributed by atoms with E-state index in [0.717, 1.165) is 0 Å². The van der Waals surface area contributed by atoms with Gasteiger partial charge in [-0.15, -0.1) is 0 Å². The van der Waals surface area contributed by atoms with Crippen molar-refractivity contribution in [2.45, 2.75) is 6.61 Å². The Bertz CT molecular complexity index is 902. The highest BCUT2D eigenvalue weighted by Gasteiger charge is 2.12. The van der Waals surface area contributed by atoms with Crippen molar-refractivity contribution in [1.29, 1.82) is 0 Å². The van der Waals surface area contributed by atoms with Gasteiger partial charge in [-0.3, -0.25) is 4.79 Å². The van der Waals surface area contributed by atoms with Crippen LogP contribution in [0.25, 0.3) is 10.8 Å². The summed E-state index contributed by atoms with van der Waals surface area (Å²) >= 11 is 0. The van der Waals surface area contributed by atoms with Crippen molar-refractivity contribution < 1.29 is 13.9 Å². The summed E-state index contributed by atoms with van der Waals surface area (Å²) in [4.78, 5) is 26.4. The lowest BCUT2D eigenvalue weighted by molar-refractivity contribution is 0.0462. The zero-order valence-electron chi connectivity index (χ0n) is 11.5. The molecular formula is C17H12FNO3. The smallest absolute Gasteiger partial charge is 0.355 e. The quantitative estimate of drug-likeness (QED) is 0.756. The summed E-state index contributed by atoms with van der Waals surface area (Å²) in [6, 6.07) is 14.5. The number of aromatic amines is 1. The van der Waals surface area contributed by atoms with Crippen LogP contribution in [0.2, 0.25) is 0 Å². The van der Waals surface area contributed by atoms with E-state index in [-0.39, 0.29) is 23.4 Å². The molecule has 1 N–H and O–H groups in total. The van der Waals surface area contributed by atoms with Crippen LogP contribution in [0.4, 0.5) is 4.39 Å². The van der Waals surface area contributed by atoms with E-state index in [2.05, 4.69) is 4.98 Å². The average molecular weight is 297 g/mol. The van der Waals surface area contributed by atoms with E-state index in [9.17, 15) is 14.0 Å². The van der Waals surface area contributed by atoms with Crippen LogP contribution < -0.4 is 5.56 Å². The Morgan fingerprint density at radius 2 is 1.82 bits per heavy atom. The Balaban J connectivity index is 1.84. The second-order valence-corrected chi connectivity index (χ2v) is 4.77. The van der Waals surface area contributed by atoms with Gasteiger partial charge in [-0.2, -0.15) is 0 Å². The highest BCUT2D eigenvalue weighted by Crippen LogP contribution is 2.12. The highest BCUT2D eigenvalue weighted by molar-refractivity contribution is 5.92. The van der Waals surface area contributed by atoms with E-state index in [4.69, 9.17) is 4.74 Å². The third kappa shape index (κ3) is 2.74. The van der Waals surface area contributed by atoms with Crippen molar-refractivity contribution in [1.82, 2.24) is 4.98 Å². The van der Waals surface area contributed by atoms with Crippen molar-refractivity contribution in [3.8, 4) is 0 Å². The van der Waals surface area contributed by atoms with Crippen LogP contribution >= 0.6 is 0 Å². The molecule has 0 aliphatic carbocycles. The molecule has 0 atom stereocenters. The molecule has 0 spiro atoms. The SMILES string of the molecule is O=C(OCc1ccccc1F)c1cc2ccccc2c(=O)[nH]1. The Morgan fingerprint density at radius 3 is 2.64 bits per heavy atom. The first kappa shape index (κ1) is 14.0. The molecule has 0 fully saturated rings. The Kier molecular flexibility index (Phi) is 3.70. The third-order valence-corrected chi connectivity index (χ3v) is 3.29. The summed E-state index contributed by atoms with van der Waals surface area (Å²) in [5.41, 5.74) is -0.0463. The molecule has 22 heavy (non-hydrogen) atoms. The minimum Gasteiger partial charge on any atom is -0.456 e. The fourth-order valence-electron chi connectivity index (χ4n) is 2.16. The van der Waals surface area contributed by atoms with Gasteiger partial charge < -0.3 is 9.72 Å². The maximum Gasteiger partial charge on any atom is 0.355 e. The molecule has 4 nitrogen and oxygen atoms in total. The van der Waals surface area contributed by atoms with E-state index >= 15 is 0 Å². The molecule has 1 heterocycles. The van der Waals surface area contributed by atoms with Gasteiger partial charge in [0.2, 0.25) is 0 Å². The fraction of sp³-hybridized carbons (Fsp3) is 0.0588. The Morgan fingerprint density at radius 1 is 1.09 bits per heavy atom. The number of H-pyrrole nitrogens is 1. The highest BCUT2D eigenvalue weighted by atomic mass is 19.1. The first-order chi connectivity index (χ1) is 10.6. The van der Waals surface area contributed by atoms with Gasteiger partial charge in [0.15, 0.2) is 0 Å². The molecule has 0 aliphatic heterocycles. The van der Waals surface area contributed by atoms with E-state index in [1.807, 2.05) is 0 Å². The molecule has 0 saturated heterocycles. The summed E-state index contributed by atoms with van der Waals surface area (Å²) in [5, 5.41) is 1.14.